The van der Waals surface area contributed by atoms with Crippen LogP contribution in [0.15, 0.2) is 30.3 Å². The molecule has 2 rings (SSSR count). The Labute approximate surface area is 133 Å². The van der Waals surface area contributed by atoms with Gasteiger partial charge < -0.3 is 0 Å². The molecule has 0 unspecified atom stereocenters. The van der Waals surface area contributed by atoms with E-state index in [0.29, 0.717) is 22.2 Å². The van der Waals surface area contributed by atoms with Gasteiger partial charge in [-0.1, -0.05) is 71.8 Å². The Hall–Kier alpha value is -1.31. The Bertz CT molecular complexity index is 653. The van der Waals surface area contributed by atoms with Crippen molar-refractivity contribution in [3.63, 3.8) is 0 Å². The van der Waals surface area contributed by atoms with Crippen LogP contribution in [0.3, 0.4) is 0 Å². The highest BCUT2D eigenvalue weighted by molar-refractivity contribution is 6.55. The van der Waals surface area contributed by atoms with Crippen LogP contribution in [-0.4, -0.2) is 44.2 Å². The molecule has 0 aliphatic carbocycles. The monoisotopic (exact) mass is 261 g/mol. The maximum atomic E-state index is 6.16. The fourth-order valence-electron chi connectivity index (χ4n) is 2.20. The molecule has 0 saturated heterocycles. The van der Waals surface area contributed by atoms with Crippen LogP contribution in [0, 0.1) is 5.92 Å². The second-order valence-electron chi connectivity index (χ2n) is 5.50. The molecule has 0 N–H and O–H groups in total. The number of rotatable bonds is 3. The van der Waals surface area contributed by atoms with Crippen molar-refractivity contribution in [3.8, 4) is 11.3 Å². The van der Waals surface area contributed by atoms with Gasteiger partial charge >= 0.3 is 0 Å². The van der Waals surface area contributed by atoms with E-state index in [1.54, 1.807) is 0 Å². The number of hydrogen-bond acceptors (Lipinski definition) is 1. The van der Waals surface area contributed by atoms with E-state index < -0.39 is 5.21 Å². The predicted octanol–water partition coefficient (Wildman–Crippen LogP) is -0.724. The summed E-state index contributed by atoms with van der Waals surface area (Å²) in [4.78, 5) is 4.37. The number of aromatic nitrogens is 1. The smallest absolute Gasteiger partial charge is 0.142 e. The van der Waals surface area contributed by atoms with Crippen molar-refractivity contribution < 1.29 is 0 Å². The fourth-order valence-corrected chi connectivity index (χ4v) is 2.20. The van der Waals surface area contributed by atoms with Gasteiger partial charge in [0, 0.05) is 0 Å². The zero-order valence-corrected chi connectivity index (χ0v) is 12.3. The van der Waals surface area contributed by atoms with Gasteiger partial charge in [-0.05, 0) is 11.2 Å². The second-order valence-corrected chi connectivity index (χ2v) is 5.50. The summed E-state index contributed by atoms with van der Waals surface area (Å²) >= 11 is 0. The Balaban J connectivity index is 2.68. The molecule has 0 fully saturated rings. The number of benzene rings is 1. The maximum Gasteiger partial charge on any atom is 0.142 e. The van der Waals surface area contributed by atoms with Gasteiger partial charge in [0.2, 0.25) is 0 Å². The molecule has 1 aromatic carbocycles. The van der Waals surface area contributed by atoms with Crippen molar-refractivity contribution in [2.75, 3.05) is 0 Å². The second kappa shape index (κ2) is 5.83. The van der Waals surface area contributed by atoms with E-state index in [0.717, 1.165) is 5.56 Å². The van der Waals surface area contributed by atoms with Crippen LogP contribution < -0.4 is 16.5 Å². The highest BCUT2D eigenvalue weighted by atomic mass is 14.7. The lowest BCUT2D eigenvalue weighted by molar-refractivity contribution is 0.574. The minimum absolute atomic E-state index is 0.0779. The summed E-state index contributed by atoms with van der Waals surface area (Å²) in [6, 6.07) is 9.46. The van der Waals surface area contributed by atoms with Crippen LogP contribution in [0.4, 0.5) is 0 Å². The van der Waals surface area contributed by atoms with E-state index >= 15 is 0 Å². The number of pyridine rings is 1. The van der Waals surface area contributed by atoms with Crippen molar-refractivity contribution in [2.24, 2.45) is 5.92 Å². The van der Waals surface area contributed by atoms with Crippen LogP contribution >= 0.6 is 0 Å². The van der Waals surface area contributed by atoms with Crippen LogP contribution in [0.5, 0.6) is 0 Å². The molecule has 10 radical (unpaired) electrons. The minimum Gasteiger partial charge on any atom is -0.265 e. The first-order chi connectivity index (χ1) is 9.76. The van der Waals surface area contributed by atoms with E-state index in [2.05, 4.69) is 4.98 Å². The molecule has 0 aliphatic heterocycles. The summed E-state index contributed by atoms with van der Waals surface area (Å²) in [6.45, 7) is 3.78. The molecule has 0 aliphatic rings. The lowest BCUT2D eigenvalue weighted by atomic mass is 9.43. The van der Waals surface area contributed by atoms with Gasteiger partial charge in [0.05, 0.1) is 21.4 Å². The lowest BCUT2D eigenvalue weighted by Gasteiger charge is -2.35. The molecular formula is C15H12B5N. The average molecular weight is 260 g/mol. The molecule has 0 bridgehead atoms. The summed E-state index contributed by atoms with van der Waals surface area (Å²) in [6.07, 6.45) is 0. The first kappa shape index (κ1) is 16.1. The van der Waals surface area contributed by atoms with E-state index in [-0.39, 0.29) is 11.5 Å². The summed E-state index contributed by atoms with van der Waals surface area (Å²) in [7, 11) is 30.6. The van der Waals surface area contributed by atoms with Crippen molar-refractivity contribution in [2.45, 2.75) is 19.1 Å². The minimum atomic E-state index is -1.19. The molecule has 0 amide bonds. The standard InChI is InChI=1S/C15H12B5N/c1-8(2)15(19,20)10-11(16)12(17)13(21-14(10)18)9-6-4-3-5-7-9/h3-8H,1-2H3. The van der Waals surface area contributed by atoms with Gasteiger partial charge in [-0.2, -0.15) is 0 Å². The molecule has 0 spiro atoms. The summed E-state index contributed by atoms with van der Waals surface area (Å²) in [5.74, 6) is -0.0779. The first-order valence-electron chi connectivity index (χ1n) is 6.74. The van der Waals surface area contributed by atoms with Crippen LogP contribution in [-0.2, 0) is 5.21 Å². The Kier molecular flexibility index (Phi) is 4.46. The van der Waals surface area contributed by atoms with Crippen LogP contribution in [0.1, 0.15) is 19.4 Å². The normalized spacial score (nSPS) is 11.8. The molecule has 0 atom stereocenters. The quantitative estimate of drug-likeness (QED) is 0.664. The van der Waals surface area contributed by atoms with Crippen molar-refractivity contribution >= 4 is 55.8 Å². The van der Waals surface area contributed by atoms with E-state index in [1.165, 1.54) is 0 Å². The van der Waals surface area contributed by atoms with Gasteiger partial charge in [0.15, 0.2) is 0 Å². The molecule has 2 aromatic rings. The topological polar surface area (TPSA) is 12.9 Å². The summed E-state index contributed by atoms with van der Waals surface area (Å²) in [5, 5.41) is -1.19. The van der Waals surface area contributed by atoms with Gasteiger partial charge in [-0.3, -0.25) is 4.98 Å². The molecule has 92 valence electrons. The molecule has 0 saturated carbocycles. The zero-order chi connectivity index (χ0) is 15.8. The molecule has 1 heterocycles. The first-order valence-corrected chi connectivity index (χ1v) is 6.74. The number of nitrogens with zero attached hydrogens (tertiary/aromatic N) is 1. The van der Waals surface area contributed by atoms with Crippen molar-refractivity contribution in [1.29, 1.82) is 0 Å². The summed E-state index contributed by atoms with van der Waals surface area (Å²) in [5.41, 5.74) is 2.61. The van der Waals surface area contributed by atoms with Gasteiger partial charge in [0.1, 0.15) is 23.5 Å². The largest absolute Gasteiger partial charge is 0.265 e. The van der Waals surface area contributed by atoms with Crippen molar-refractivity contribution in [1.82, 2.24) is 4.98 Å². The molecule has 6 heteroatoms. The average Bonchev–Trinajstić information content (AvgIpc) is 2.43. The Morgan fingerprint density at radius 1 is 0.952 bits per heavy atom. The van der Waals surface area contributed by atoms with Crippen LogP contribution in [0.2, 0.25) is 0 Å². The lowest BCUT2D eigenvalue weighted by Crippen LogP contribution is -2.49. The van der Waals surface area contributed by atoms with E-state index in [4.69, 9.17) is 39.2 Å². The fraction of sp³-hybridized carbons (Fsp3) is 0.267. The third-order valence-electron chi connectivity index (χ3n) is 3.74. The third kappa shape index (κ3) is 2.86. The molecule has 21 heavy (non-hydrogen) atoms. The SMILES string of the molecule is [B]c1nc(-c2ccccc2)c([B])c([B])c1C([B])([B])C(C)C. The van der Waals surface area contributed by atoms with Crippen LogP contribution in [0.25, 0.3) is 11.3 Å². The molecular weight excluding hydrogens is 248 g/mol. The summed E-state index contributed by atoms with van der Waals surface area (Å²) < 4.78 is 0. The van der Waals surface area contributed by atoms with E-state index in [9.17, 15) is 0 Å². The predicted molar refractivity (Wildman–Crippen MR) is 93.9 cm³/mol. The van der Waals surface area contributed by atoms with Gasteiger partial charge in [-0.25, -0.2) is 0 Å². The third-order valence-corrected chi connectivity index (χ3v) is 3.74. The van der Waals surface area contributed by atoms with Crippen molar-refractivity contribution in [3.05, 3.63) is 35.9 Å². The zero-order valence-electron chi connectivity index (χ0n) is 12.3. The van der Waals surface area contributed by atoms with Gasteiger partial charge in [-0.15, -0.1) is 0 Å². The highest BCUT2D eigenvalue weighted by Crippen LogP contribution is 2.23. The Morgan fingerprint density at radius 3 is 2.05 bits per heavy atom. The molecule has 1 aromatic heterocycles. The van der Waals surface area contributed by atoms with Gasteiger partial charge in [0.25, 0.3) is 0 Å². The molecule has 1 nitrogen and oxygen atoms in total. The Morgan fingerprint density at radius 2 is 1.52 bits per heavy atom. The highest BCUT2D eigenvalue weighted by Gasteiger charge is 2.28. The van der Waals surface area contributed by atoms with E-state index in [1.807, 2.05) is 44.2 Å². The maximum absolute atomic E-state index is 6.16. The number of hydrogen-bond donors (Lipinski definition) is 0.